The largest absolute Gasteiger partial charge is 0.244 e. The number of halogens is 6. The van der Waals surface area contributed by atoms with Gasteiger partial charge < -0.3 is 0 Å². The third-order valence-corrected chi connectivity index (χ3v) is 6.00. The Morgan fingerprint density at radius 2 is 1.12 bits per heavy atom. The van der Waals surface area contributed by atoms with E-state index in [1.807, 2.05) is 0 Å². The zero-order valence-electron chi connectivity index (χ0n) is 12.6. The minimum absolute atomic E-state index is 0.217. The predicted octanol–water partition coefficient (Wildman–Crippen LogP) is 8.21. The molecule has 26 heavy (non-hydrogen) atoms. The highest BCUT2D eigenvalue weighted by Gasteiger charge is 2.14. The van der Waals surface area contributed by atoms with Crippen molar-refractivity contribution in [2.75, 3.05) is 0 Å². The molecule has 0 saturated heterocycles. The molecule has 0 radical (unpaired) electrons. The average molecular weight is 463 g/mol. The van der Waals surface area contributed by atoms with Crippen LogP contribution in [0.2, 0.25) is 30.1 Å². The van der Waals surface area contributed by atoms with Gasteiger partial charge in [-0.15, -0.1) is 0 Å². The van der Waals surface area contributed by atoms with Crippen molar-refractivity contribution in [1.29, 1.82) is 5.26 Å². The summed E-state index contributed by atoms with van der Waals surface area (Å²) in [6.45, 7) is 0. The molecule has 3 rings (SSSR count). The van der Waals surface area contributed by atoms with Gasteiger partial charge in [0.05, 0.1) is 30.1 Å². The zero-order valence-corrected chi connectivity index (χ0v) is 17.2. The predicted molar refractivity (Wildman–Crippen MR) is 110 cm³/mol. The molecule has 3 aromatic rings. The van der Waals surface area contributed by atoms with Crippen LogP contribution < -0.4 is 0 Å². The molecule has 8 heteroatoms. The molecule has 0 unspecified atom stereocenters. The van der Waals surface area contributed by atoms with Gasteiger partial charge in [0.1, 0.15) is 11.8 Å². The van der Waals surface area contributed by atoms with E-state index in [0.29, 0.717) is 32.3 Å². The van der Waals surface area contributed by atoms with E-state index in [1.54, 1.807) is 36.5 Å². The van der Waals surface area contributed by atoms with Crippen molar-refractivity contribution in [3.63, 3.8) is 0 Å². The second-order valence-corrected chi connectivity index (χ2v) is 7.62. The lowest BCUT2D eigenvalue weighted by Crippen LogP contribution is -1.92. The molecule has 0 N–H and O–H groups in total. The summed E-state index contributed by atoms with van der Waals surface area (Å²) in [6, 6.07) is 10.4. The third kappa shape index (κ3) is 3.75. The van der Waals surface area contributed by atoms with Gasteiger partial charge in [-0.25, -0.2) is 4.98 Å². The summed E-state index contributed by atoms with van der Waals surface area (Å²) in [5, 5.41) is 11.1. The number of rotatable bonds is 2. The second-order valence-electron chi connectivity index (χ2n) is 5.24. The number of pyridine rings is 1. The fraction of sp³-hybridized carbons (Fsp3) is 0. The summed E-state index contributed by atoms with van der Waals surface area (Å²) in [7, 11) is 0. The number of hydrogen-bond acceptors (Lipinski definition) is 2. The molecule has 0 aliphatic heterocycles. The fourth-order valence-corrected chi connectivity index (χ4v) is 3.56. The minimum atomic E-state index is 0.217. The fourth-order valence-electron chi connectivity index (χ4n) is 2.36. The number of aromatic nitrogens is 1. The molecular weight excluding hydrogens is 457 g/mol. The van der Waals surface area contributed by atoms with E-state index < -0.39 is 0 Å². The molecule has 1 heterocycles. The Kier molecular flexibility index (Phi) is 5.89. The van der Waals surface area contributed by atoms with E-state index in [-0.39, 0.29) is 25.8 Å². The highest BCUT2D eigenvalue weighted by atomic mass is 35.5. The molecular formula is C18H6Cl6N2. The van der Waals surface area contributed by atoms with Crippen LogP contribution in [-0.4, -0.2) is 4.98 Å². The first-order valence-corrected chi connectivity index (χ1v) is 9.28. The number of nitriles is 1. The van der Waals surface area contributed by atoms with Gasteiger partial charge in [-0.2, -0.15) is 5.26 Å². The normalized spacial score (nSPS) is 10.7. The maximum absolute atomic E-state index is 9.39. The van der Waals surface area contributed by atoms with Crippen LogP contribution in [0.1, 0.15) is 5.69 Å². The Bertz CT molecular complexity index is 1030. The first-order valence-electron chi connectivity index (χ1n) is 7.01. The average Bonchev–Trinajstić information content (AvgIpc) is 2.62. The summed E-state index contributed by atoms with van der Waals surface area (Å²) in [5.41, 5.74) is 2.78. The van der Waals surface area contributed by atoms with Gasteiger partial charge in [0.2, 0.25) is 0 Å². The van der Waals surface area contributed by atoms with Crippen molar-refractivity contribution in [3.05, 3.63) is 72.4 Å². The summed E-state index contributed by atoms with van der Waals surface area (Å²) in [4.78, 5) is 4.21. The smallest absolute Gasteiger partial charge is 0.148 e. The molecule has 0 saturated carbocycles. The van der Waals surface area contributed by atoms with Crippen LogP contribution in [-0.2, 0) is 0 Å². The molecule has 2 aromatic carbocycles. The Hall–Kier alpha value is -1.18. The standard InChI is InChI=1S/C18H6Cl6N2/c19-12-2-8(3-13(20)17(12)23)10-1-11(16(6-25)26-7-10)9-4-14(21)18(24)15(22)5-9/h1-5,7H. The van der Waals surface area contributed by atoms with Crippen LogP contribution in [0.15, 0.2) is 36.5 Å². The van der Waals surface area contributed by atoms with Crippen LogP contribution >= 0.6 is 69.6 Å². The quantitative estimate of drug-likeness (QED) is 0.360. The van der Waals surface area contributed by atoms with Gasteiger partial charge in [0.25, 0.3) is 0 Å². The monoisotopic (exact) mass is 460 g/mol. The van der Waals surface area contributed by atoms with Gasteiger partial charge >= 0.3 is 0 Å². The SMILES string of the molecule is N#Cc1ncc(-c2cc(Cl)c(Cl)c(Cl)c2)cc1-c1cc(Cl)c(Cl)c(Cl)c1. The Morgan fingerprint density at radius 1 is 0.654 bits per heavy atom. The van der Waals surface area contributed by atoms with Gasteiger partial charge in [0.15, 0.2) is 0 Å². The maximum atomic E-state index is 9.39. The van der Waals surface area contributed by atoms with E-state index in [4.69, 9.17) is 69.6 Å². The van der Waals surface area contributed by atoms with Crippen molar-refractivity contribution in [1.82, 2.24) is 4.98 Å². The molecule has 130 valence electrons. The highest BCUT2D eigenvalue weighted by molar-refractivity contribution is 6.49. The molecule has 0 atom stereocenters. The van der Waals surface area contributed by atoms with Crippen LogP contribution in [0.5, 0.6) is 0 Å². The molecule has 2 nitrogen and oxygen atoms in total. The Balaban J connectivity index is 2.22. The van der Waals surface area contributed by atoms with Crippen LogP contribution in [0, 0.1) is 11.3 Å². The highest BCUT2D eigenvalue weighted by Crippen LogP contribution is 2.39. The van der Waals surface area contributed by atoms with Crippen LogP contribution in [0.3, 0.4) is 0 Å². The maximum Gasteiger partial charge on any atom is 0.148 e. The third-order valence-electron chi connectivity index (χ3n) is 3.61. The summed E-state index contributed by atoms with van der Waals surface area (Å²) < 4.78 is 0. The van der Waals surface area contributed by atoms with Crippen molar-refractivity contribution < 1.29 is 0 Å². The molecule has 0 spiro atoms. The second kappa shape index (κ2) is 7.82. The molecule has 0 aliphatic rings. The van der Waals surface area contributed by atoms with Gasteiger partial charge in [0, 0.05) is 17.3 Å². The first kappa shape index (κ1) is 19.6. The van der Waals surface area contributed by atoms with Crippen molar-refractivity contribution >= 4 is 69.6 Å². The summed E-state index contributed by atoms with van der Waals surface area (Å²) in [6.07, 6.45) is 1.55. The van der Waals surface area contributed by atoms with E-state index in [2.05, 4.69) is 11.1 Å². The topological polar surface area (TPSA) is 36.7 Å². The molecule has 0 amide bonds. The Labute approximate surface area is 179 Å². The lowest BCUT2D eigenvalue weighted by atomic mass is 9.99. The lowest BCUT2D eigenvalue weighted by molar-refractivity contribution is 1.27. The van der Waals surface area contributed by atoms with Crippen LogP contribution in [0.25, 0.3) is 22.3 Å². The van der Waals surface area contributed by atoms with Crippen molar-refractivity contribution in [2.45, 2.75) is 0 Å². The minimum Gasteiger partial charge on any atom is -0.244 e. The number of hydrogen-bond donors (Lipinski definition) is 0. The molecule has 0 aliphatic carbocycles. The van der Waals surface area contributed by atoms with E-state index in [0.717, 1.165) is 0 Å². The van der Waals surface area contributed by atoms with Gasteiger partial charge in [-0.1, -0.05) is 69.6 Å². The first-order chi connectivity index (χ1) is 12.3. The zero-order chi connectivity index (χ0) is 19.0. The van der Waals surface area contributed by atoms with E-state index in [1.165, 1.54) is 0 Å². The lowest BCUT2D eigenvalue weighted by Gasteiger charge is -2.11. The van der Waals surface area contributed by atoms with Crippen molar-refractivity contribution in [2.24, 2.45) is 0 Å². The van der Waals surface area contributed by atoms with Gasteiger partial charge in [-0.05, 0) is 41.5 Å². The molecule has 1 aromatic heterocycles. The van der Waals surface area contributed by atoms with Crippen molar-refractivity contribution in [3.8, 4) is 28.3 Å². The number of nitrogens with zero attached hydrogens (tertiary/aromatic N) is 2. The van der Waals surface area contributed by atoms with E-state index in [9.17, 15) is 5.26 Å². The van der Waals surface area contributed by atoms with Gasteiger partial charge in [-0.3, -0.25) is 0 Å². The van der Waals surface area contributed by atoms with E-state index >= 15 is 0 Å². The Morgan fingerprint density at radius 3 is 1.58 bits per heavy atom. The number of benzene rings is 2. The molecule has 0 fully saturated rings. The van der Waals surface area contributed by atoms with Crippen LogP contribution in [0.4, 0.5) is 0 Å². The summed E-state index contributed by atoms with van der Waals surface area (Å²) >= 11 is 36.4. The summed E-state index contributed by atoms with van der Waals surface area (Å²) in [5.74, 6) is 0. The molecule has 0 bridgehead atoms.